The summed E-state index contributed by atoms with van der Waals surface area (Å²) in [4.78, 5) is 12.6. The fourth-order valence-electron chi connectivity index (χ4n) is 3.03. The Hall–Kier alpha value is -2.13. The summed E-state index contributed by atoms with van der Waals surface area (Å²) in [5, 5.41) is 3.25. The van der Waals surface area contributed by atoms with Crippen LogP contribution in [0, 0.1) is 0 Å². The lowest BCUT2D eigenvalue weighted by Gasteiger charge is -2.43. The number of methoxy groups -OCH3 is 1. The van der Waals surface area contributed by atoms with Crippen LogP contribution in [0.3, 0.4) is 0 Å². The maximum Gasteiger partial charge on any atom is 0.251 e. The molecule has 3 nitrogen and oxygen atoms in total. The first-order valence-corrected chi connectivity index (χ1v) is 7.69. The van der Waals surface area contributed by atoms with Crippen molar-refractivity contribution in [2.45, 2.75) is 31.4 Å². The molecular weight excluding hydrogens is 274 g/mol. The molecule has 0 bridgehead atoms. The first-order chi connectivity index (χ1) is 10.7. The quantitative estimate of drug-likeness (QED) is 0.914. The molecule has 0 spiro atoms. The second kappa shape index (κ2) is 6.32. The van der Waals surface area contributed by atoms with Gasteiger partial charge in [-0.3, -0.25) is 4.79 Å². The van der Waals surface area contributed by atoms with Crippen molar-refractivity contribution in [3.8, 4) is 0 Å². The van der Waals surface area contributed by atoms with Gasteiger partial charge in [-0.25, -0.2) is 0 Å². The average Bonchev–Trinajstić information content (AvgIpc) is 2.52. The number of carbonyl (C=O) groups excluding carboxylic acids is 1. The van der Waals surface area contributed by atoms with E-state index in [0.717, 1.165) is 24.8 Å². The van der Waals surface area contributed by atoms with Crippen molar-refractivity contribution in [1.29, 1.82) is 0 Å². The molecule has 1 saturated carbocycles. The maximum atomic E-state index is 12.6. The molecule has 22 heavy (non-hydrogen) atoms. The minimum absolute atomic E-state index is 0.0125. The summed E-state index contributed by atoms with van der Waals surface area (Å²) in [7, 11) is 1.66. The predicted molar refractivity (Wildman–Crippen MR) is 86.6 cm³/mol. The van der Waals surface area contributed by atoms with Crippen LogP contribution in [0.2, 0.25) is 0 Å². The van der Waals surface area contributed by atoms with E-state index >= 15 is 0 Å². The van der Waals surface area contributed by atoms with Crippen molar-refractivity contribution >= 4 is 5.91 Å². The summed E-state index contributed by atoms with van der Waals surface area (Å²) in [6.07, 6.45) is 3.15. The summed E-state index contributed by atoms with van der Waals surface area (Å²) in [5.41, 5.74) is 2.70. The molecule has 0 aromatic heterocycles. The van der Waals surface area contributed by atoms with Gasteiger partial charge in [-0.2, -0.15) is 0 Å². The molecule has 0 radical (unpaired) electrons. The van der Waals surface area contributed by atoms with Crippen LogP contribution >= 0.6 is 0 Å². The molecular formula is C19H21NO2. The highest BCUT2D eigenvalue weighted by Crippen LogP contribution is 2.41. The van der Waals surface area contributed by atoms with E-state index < -0.39 is 0 Å². The minimum atomic E-state index is -0.199. The average molecular weight is 295 g/mol. The maximum absolute atomic E-state index is 12.6. The summed E-state index contributed by atoms with van der Waals surface area (Å²) in [6.45, 7) is 0.519. The number of ether oxygens (including phenoxy) is 1. The molecule has 3 heteroatoms. The SMILES string of the molecule is COCc1cccc(C(=O)NC2(c3ccccc3)CCC2)c1. The molecule has 1 N–H and O–H groups in total. The normalized spacial score (nSPS) is 15.9. The van der Waals surface area contributed by atoms with Crippen molar-refractivity contribution in [3.63, 3.8) is 0 Å². The number of rotatable bonds is 5. The zero-order chi connectivity index (χ0) is 15.4. The zero-order valence-corrected chi connectivity index (χ0v) is 12.8. The Bertz CT molecular complexity index is 647. The van der Waals surface area contributed by atoms with Gasteiger partial charge in [-0.15, -0.1) is 0 Å². The summed E-state index contributed by atoms with van der Waals surface area (Å²) >= 11 is 0. The van der Waals surface area contributed by atoms with Gasteiger partial charge in [0, 0.05) is 12.7 Å². The predicted octanol–water partition coefficient (Wildman–Crippen LogP) is 3.64. The van der Waals surface area contributed by atoms with E-state index in [1.807, 2.05) is 42.5 Å². The van der Waals surface area contributed by atoms with Gasteiger partial charge in [0.05, 0.1) is 12.1 Å². The summed E-state index contributed by atoms with van der Waals surface area (Å²) in [5.74, 6) is -0.0125. The lowest BCUT2D eigenvalue weighted by atomic mass is 9.71. The highest BCUT2D eigenvalue weighted by Gasteiger charge is 2.39. The van der Waals surface area contributed by atoms with Crippen molar-refractivity contribution in [3.05, 3.63) is 71.3 Å². The molecule has 0 aliphatic heterocycles. The van der Waals surface area contributed by atoms with Crippen LogP contribution in [-0.2, 0) is 16.9 Å². The third-order valence-corrected chi connectivity index (χ3v) is 4.39. The number of hydrogen-bond donors (Lipinski definition) is 1. The third kappa shape index (κ3) is 2.90. The molecule has 0 unspecified atom stereocenters. The van der Waals surface area contributed by atoms with E-state index in [1.54, 1.807) is 7.11 Å². The molecule has 2 aromatic carbocycles. The highest BCUT2D eigenvalue weighted by atomic mass is 16.5. The first kappa shape index (κ1) is 14.8. The molecule has 114 valence electrons. The van der Waals surface area contributed by atoms with Gasteiger partial charge >= 0.3 is 0 Å². The van der Waals surface area contributed by atoms with Crippen molar-refractivity contribution in [1.82, 2.24) is 5.32 Å². The Kier molecular flexibility index (Phi) is 4.25. The van der Waals surface area contributed by atoms with Crippen molar-refractivity contribution in [2.75, 3.05) is 7.11 Å². The lowest BCUT2D eigenvalue weighted by Crippen LogP contribution is -2.50. The number of nitrogens with one attached hydrogen (secondary N) is 1. The molecule has 1 aliphatic rings. The first-order valence-electron chi connectivity index (χ1n) is 7.69. The summed E-state index contributed by atoms with van der Waals surface area (Å²) < 4.78 is 5.13. The molecule has 3 rings (SSSR count). The lowest BCUT2D eigenvalue weighted by molar-refractivity contribution is 0.0823. The van der Waals surface area contributed by atoms with Gasteiger partial charge in [0.15, 0.2) is 0 Å². The van der Waals surface area contributed by atoms with Crippen molar-refractivity contribution < 1.29 is 9.53 Å². The molecule has 1 aliphatic carbocycles. The van der Waals surface area contributed by atoms with E-state index in [4.69, 9.17) is 4.74 Å². The Labute approximate surface area is 131 Å². The topological polar surface area (TPSA) is 38.3 Å². The molecule has 0 atom stereocenters. The largest absolute Gasteiger partial charge is 0.380 e. The number of carbonyl (C=O) groups is 1. The van der Waals surface area contributed by atoms with Crippen molar-refractivity contribution in [2.24, 2.45) is 0 Å². The van der Waals surface area contributed by atoms with Gasteiger partial charge in [0.2, 0.25) is 0 Å². The van der Waals surface area contributed by atoms with Crippen LogP contribution in [0.4, 0.5) is 0 Å². The molecule has 2 aromatic rings. The van der Waals surface area contributed by atoms with Crippen LogP contribution in [-0.4, -0.2) is 13.0 Å². The van der Waals surface area contributed by atoms with Crippen LogP contribution in [0.1, 0.15) is 40.7 Å². The fraction of sp³-hybridized carbons (Fsp3) is 0.316. The Morgan fingerprint density at radius 3 is 2.55 bits per heavy atom. The van der Waals surface area contributed by atoms with E-state index in [-0.39, 0.29) is 11.4 Å². The van der Waals surface area contributed by atoms with Gasteiger partial charge in [-0.1, -0.05) is 42.5 Å². The molecule has 1 fully saturated rings. The van der Waals surface area contributed by atoms with E-state index in [9.17, 15) is 4.79 Å². The molecule has 0 heterocycles. The Morgan fingerprint density at radius 1 is 1.14 bits per heavy atom. The van der Waals surface area contributed by atoms with Gasteiger partial charge < -0.3 is 10.1 Å². The molecule has 0 saturated heterocycles. The van der Waals surface area contributed by atoms with Crippen LogP contribution < -0.4 is 5.32 Å². The summed E-state index contributed by atoms with van der Waals surface area (Å²) in [6, 6.07) is 17.9. The zero-order valence-electron chi connectivity index (χ0n) is 12.8. The second-order valence-corrected chi connectivity index (χ2v) is 5.89. The van der Waals surface area contributed by atoms with Gasteiger partial charge in [-0.05, 0) is 42.5 Å². The smallest absolute Gasteiger partial charge is 0.251 e. The Morgan fingerprint density at radius 2 is 1.91 bits per heavy atom. The monoisotopic (exact) mass is 295 g/mol. The number of amides is 1. The van der Waals surface area contributed by atoms with E-state index in [0.29, 0.717) is 12.2 Å². The second-order valence-electron chi connectivity index (χ2n) is 5.89. The van der Waals surface area contributed by atoms with Crippen LogP contribution in [0.5, 0.6) is 0 Å². The number of hydrogen-bond acceptors (Lipinski definition) is 2. The third-order valence-electron chi connectivity index (χ3n) is 4.39. The van der Waals surface area contributed by atoms with E-state index in [1.165, 1.54) is 5.56 Å². The minimum Gasteiger partial charge on any atom is -0.380 e. The van der Waals surface area contributed by atoms with Crippen LogP contribution in [0.25, 0.3) is 0 Å². The van der Waals surface area contributed by atoms with Gasteiger partial charge in [0.25, 0.3) is 5.91 Å². The standard InChI is InChI=1S/C19H21NO2/c1-22-14-15-7-5-8-16(13-15)18(21)20-19(11-6-12-19)17-9-3-2-4-10-17/h2-5,7-10,13H,6,11-12,14H2,1H3,(H,20,21). The van der Waals surface area contributed by atoms with Gasteiger partial charge in [0.1, 0.15) is 0 Å². The Balaban J connectivity index is 1.79. The molecule has 1 amide bonds. The fourth-order valence-corrected chi connectivity index (χ4v) is 3.03. The highest BCUT2D eigenvalue weighted by molar-refractivity contribution is 5.95. The van der Waals surface area contributed by atoms with Crippen LogP contribution in [0.15, 0.2) is 54.6 Å². The number of benzene rings is 2. The van der Waals surface area contributed by atoms with E-state index in [2.05, 4.69) is 17.4 Å².